The zero-order chi connectivity index (χ0) is 18.7. The van der Waals surface area contributed by atoms with Gasteiger partial charge in [0.25, 0.3) is 0 Å². The Morgan fingerprint density at radius 2 is 1.85 bits per heavy atom. The SMILES string of the molecule is CC(=O)Oc1cccc2cc(S(=O)(=O)NCc3cccc(N)c3)ccc12. The van der Waals surface area contributed by atoms with E-state index in [9.17, 15) is 13.2 Å². The van der Waals surface area contributed by atoms with Crippen molar-refractivity contribution in [3.63, 3.8) is 0 Å². The third-order valence-electron chi connectivity index (χ3n) is 3.79. The van der Waals surface area contributed by atoms with Gasteiger partial charge in [-0.3, -0.25) is 4.79 Å². The minimum Gasteiger partial charge on any atom is -0.426 e. The highest BCUT2D eigenvalue weighted by atomic mass is 32.2. The fourth-order valence-corrected chi connectivity index (χ4v) is 3.66. The topological polar surface area (TPSA) is 98.5 Å². The van der Waals surface area contributed by atoms with Crippen LogP contribution in [0.4, 0.5) is 5.69 Å². The summed E-state index contributed by atoms with van der Waals surface area (Å²) in [6.45, 7) is 1.46. The van der Waals surface area contributed by atoms with Crippen LogP contribution in [-0.4, -0.2) is 14.4 Å². The quantitative estimate of drug-likeness (QED) is 0.409. The van der Waals surface area contributed by atoms with Crippen LogP contribution in [0.5, 0.6) is 5.75 Å². The highest BCUT2D eigenvalue weighted by Crippen LogP contribution is 2.28. The first kappa shape index (κ1) is 17.9. The van der Waals surface area contributed by atoms with E-state index in [1.54, 1.807) is 54.6 Å². The van der Waals surface area contributed by atoms with Gasteiger partial charge in [0.1, 0.15) is 5.75 Å². The summed E-state index contributed by atoms with van der Waals surface area (Å²) in [7, 11) is -3.70. The molecular formula is C19H18N2O4S. The molecule has 7 heteroatoms. The Bertz CT molecular complexity index is 1080. The van der Waals surface area contributed by atoms with Crippen LogP contribution in [0.15, 0.2) is 65.6 Å². The van der Waals surface area contributed by atoms with E-state index in [-0.39, 0.29) is 11.4 Å². The molecule has 0 unspecified atom stereocenters. The molecule has 3 N–H and O–H groups in total. The van der Waals surface area contributed by atoms with E-state index in [4.69, 9.17) is 10.5 Å². The molecule has 0 radical (unpaired) electrons. The Labute approximate surface area is 151 Å². The first-order valence-electron chi connectivity index (χ1n) is 7.90. The van der Waals surface area contributed by atoms with E-state index in [2.05, 4.69) is 4.72 Å². The number of nitrogen functional groups attached to an aromatic ring is 1. The van der Waals surface area contributed by atoms with Gasteiger partial charge >= 0.3 is 5.97 Å². The Balaban J connectivity index is 1.88. The summed E-state index contributed by atoms with van der Waals surface area (Å²) in [5.74, 6) is -0.0373. The molecule has 3 aromatic carbocycles. The molecule has 3 rings (SSSR count). The molecule has 0 amide bonds. The smallest absolute Gasteiger partial charge is 0.308 e. The van der Waals surface area contributed by atoms with Crippen molar-refractivity contribution in [1.29, 1.82) is 0 Å². The standard InChI is InChI=1S/C19H18N2O4S/c1-13(22)25-19-7-3-5-15-11-17(8-9-18(15)19)26(23,24)21-12-14-4-2-6-16(20)10-14/h2-11,21H,12,20H2,1H3. The summed E-state index contributed by atoms with van der Waals surface area (Å²) in [6.07, 6.45) is 0. The van der Waals surface area contributed by atoms with Crippen molar-refractivity contribution >= 4 is 32.5 Å². The number of carbonyl (C=O) groups excluding carboxylic acids is 1. The van der Waals surface area contributed by atoms with Crippen LogP contribution >= 0.6 is 0 Å². The second-order valence-corrected chi connectivity index (χ2v) is 7.57. The maximum absolute atomic E-state index is 12.6. The summed E-state index contributed by atoms with van der Waals surface area (Å²) >= 11 is 0. The predicted octanol–water partition coefficient (Wildman–Crippen LogP) is 2.83. The molecule has 0 aliphatic carbocycles. The van der Waals surface area contributed by atoms with Crippen LogP contribution in [0.1, 0.15) is 12.5 Å². The lowest BCUT2D eigenvalue weighted by molar-refractivity contribution is -0.131. The molecular weight excluding hydrogens is 352 g/mol. The molecule has 134 valence electrons. The number of esters is 1. The number of nitrogens with two attached hydrogens (primary N) is 1. The van der Waals surface area contributed by atoms with Crippen LogP contribution in [0.3, 0.4) is 0 Å². The normalized spacial score (nSPS) is 11.4. The van der Waals surface area contributed by atoms with Crippen LogP contribution in [0.2, 0.25) is 0 Å². The third-order valence-corrected chi connectivity index (χ3v) is 5.19. The number of anilines is 1. The van der Waals surface area contributed by atoms with Gasteiger partial charge in [0.2, 0.25) is 10.0 Å². The summed E-state index contributed by atoms with van der Waals surface area (Å²) in [5.41, 5.74) is 7.05. The number of hydrogen-bond donors (Lipinski definition) is 2. The van der Waals surface area contributed by atoms with Crippen LogP contribution in [0, 0.1) is 0 Å². The lowest BCUT2D eigenvalue weighted by atomic mass is 10.1. The van der Waals surface area contributed by atoms with Crippen molar-refractivity contribution in [1.82, 2.24) is 4.72 Å². The first-order chi connectivity index (χ1) is 12.3. The second-order valence-electron chi connectivity index (χ2n) is 5.80. The van der Waals surface area contributed by atoms with Gasteiger partial charge in [-0.05, 0) is 47.3 Å². The summed E-state index contributed by atoms with van der Waals surface area (Å²) < 4.78 is 32.9. The second kappa shape index (κ2) is 7.15. The molecule has 0 saturated heterocycles. The van der Waals surface area contributed by atoms with Gasteiger partial charge in [0, 0.05) is 24.5 Å². The van der Waals surface area contributed by atoms with E-state index in [0.29, 0.717) is 22.2 Å². The van der Waals surface area contributed by atoms with Crippen molar-refractivity contribution in [3.05, 3.63) is 66.2 Å². The third kappa shape index (κ3) is 4.01. The molecule has 0 saturated carbocycles. The van der Waals surface area contributed by atoms with E-state index in [1.807, 2.05) is 0 Å². The minimum atomic E-state index is -3.70. The molecule has 3 aromatic rings. The lowest BCUT2D eigenvalue weighted by Gasteiger charge is -2.10. The van der Waals surface area contributed by atoms with Crippen LogP contribution < -0.4 is 15.2 Å². The van der Waals surface area contributed by atoms with E-state index in [1.165, 1.54) is 13.0 Å². The van der Waals surface area contributed by atoms with Gasteiger partial charge in [0.15, 0.2) is 0 Å². The zero-order valence-corrected chi connectivity index (χ0v) is 14.9. The zero-order valence-electron chi connectivity index (χ0n) is 14.1. The maximum Gasteiger partial charge on any atom is 0.308 e. The van der Waals surface area contributed by atoms with Crippen LogP contribution in [-0.2, 0) is 21.4 Å². The fraction of sp³-hybridized carbons (Fsp3) is 0.105. The summed E-state index contributed by atoms with van der Waals surface area (Å²) in [6, 6.07) is 16.8. The molecule has 0 atom stereocenters. The van der Waals surface area contributed by atoms with E-state index in [0.717, 1.165) is 5.56 Å². The number of ether oxygens (including phenoxy) is 1. The highest BCUT2D eigenvalue weighted by Gasteiger charge is 2.15. The number of sulfonamides is 1. The van der Waals surface area contributed by atoms with Gasteiger partial charge < -0.3 is 10.5 Å². The van der Waals surface area contributed by atoms with Crippen molar-refractivity contribution in [2.24, 2.45) is 0 Å². The van der Waals surface area contributed by atoms with Gasteiger partial charge in [0.05, 0.1) is 4.90 Å². The molecule has 6 nitrogen and oxygen atoms in total. The number of benzene rings is 3. The molecule has 0 bridgehead atoms. The first-order valence-corrected chi connectivity index (χ1v) is 9.39. The van der Waals surface area contributed by atoms with Crippen LogP contribution in [0.25, 0.3) is 10.8 Å². The van der Waals surface area contributed by atoms with Crippen molar-refractivity contribution in [3.8, 4) is 5.75 Å². The van der Waals surface area contributed by atoms with Gasteiger partial charge in [-0.1, -0.05) is 24.3 Å². The number of hydrogen-bond acceptors (Lipinski definition) is 5. The monoisotopic (exact) mass is 370 g/mol. The molecule has 26 heavy (non-hydrogen) atoms. The molecule has 0 aliphatic heterocycles. The Kier molecular flexibility index (Phi) is 4.92. The highest BCUT2D eigenvalue weighted by molar-refractivity contribution is 7.89. The Morgan fingerprint density at radius 1 is 1.08 bits per heavy atom. The van der Waals surface area contributed by atoms with Crippen molar-refractivity contribution in [2.45, 2.75) is 18.4 Å². The average Bonchev–Trinajstić information content (AvgIpc) is 2.59. The van der Waals surface area contributed by atoms with E-state index < -0.39 is 16.0 Å². The number of fused-ring (bicyclic) bond motifs is 1. The summed E-state index contributed by atoms with van der Waals surface area (Å²) in [5, 5.41) is 1.33. The average molecular weight is 370 g/mol. The van der Waals surface area contributed by atoms with Gasteiger partial charge in [-0.25, -0.2) is 13.1 Å². The van der Waals surface area contributed by atoms with Gasteiger partial charge in [-0.15, -0.1) is 0 Å². The number of rotatable bonds is 5. The molecule has 0 aromatic heterocycles. The van der Waals surface area contributed by atoms with Gasteiger partial charge in [-0.2, -0.15) is 0 Å². The Hall–Kier alpha value is -2.90. The Morgan fingerprint density at radius 3 is 2.58 bits per heavy atom. The van der Waals surface area contributed by atoms with Crippen molar-refractivity contribution < 1.29 is 17.9 Å². The maximum atomic E-state index is 12.6. The molecule has 0 heterocycles. The largest absolute Gasteiger partial charge is 0.426 e. The van der Waals surface area contributed by atoms with Crippen molar-refractivity contribution in [2.75, 3.05) is 5.73 Å². The van der Waals surface area contributed by atoms with E-state index >= 15 is 0 Å². The molecule has 0 fully saturated rings. The predicted molar refractivity (Wildman–Crippen MR) is 100 cm³/mol. The molecule has 0 spiro atoms. The minimum absolute atomic E-state index is 0.133. The molecule has 0 aliphatic rings. The fourth-order valence-electron chi connectivity index (χ4n) is 2.61. The summed E-state index contributed by atoms with van der Waals surface area (Å²) in [4.78, 5) is 11.3. The lowest BCUT2D eigenvalue weighted by Crippen LogP contribution is -2.23. The number of nitrogens with one attached hydrogen (secondary N) is 1. The number of carbonyl (C=O) groups is 1.